The Labute approximate surface area is 131 Å². The minimum absolute atomic E-state index is 0.228. The molecule has 4 heteroatoms. The van der Waals surface area contributed by atoms with Gasteiger partial charge in [-0.25, -0.2) is 4.79 Å². The lowest BCUT2D eigenvalue weighted by Crippen LogP contribution is -2.15. The molecule has 1 aromatic rings. The Kier molecular flexibility index (Phi) is 7.30. The molecule has 0 aliphatic carbocycles. The first-order chi connectivity index (χ1) is 9.88. The first-order valence-electron chi connectivity index (χ1n) is 7.15. The molecule has 0 bridgehead atoms. The smallest absolute Gasteiger partial charge is 0.373 e. The van der Waals surface area contributed by atoms with E-state index in [1.54, 1.807) is 18.2 Å². The molecule has 0 amide bonds. The van der Waals surface area contributed by atoms with Crippen LogP contribution in [-0.4, -0.2) is 19.2 Å². The van der Waals surface area contributed by atoms with Gasteiger partial charge in [-0.3, -0.25) is 0 Å². The van der Waals surface area contributed by atoms with Crippen LogP contribution >= 0.6 is 11.6 Å². The highest BCUT2D eigenvalue weighted by molar-refractivity contribution is 6.30. The first kappa shape index (κ1) is 17.6. The molecule has 3 nitrogen and oxygen atoms in total. The van der Waals surface area contributed by atoms with Crippen LogP contribution in [0.5, 0.6) is 0 Å². The molecule has 0 aliphatic rings. The molecule has 0 spiro atoms. The van der Waals surface area contributed by atoms with Crippen molar-refractivity contribution in [2.75, 3.05) is 13.2 Å². The summed E-state index contributed by atoms with van der Waals surface area (Å²) >= 11 is 5.85. The van der Waals surface area contributed by atoms with Crippen LogP contribution < -0.4 is 0 Å². The van der Waals surface area contributed by atoms with Gasteiger partial charge in [0.25, 0.3) is 0 Å². The predicted molar refractivity (Wildman–Crippen MR) is 86.0 cm³/mol. The van der Waals surface area contributed by atoms with Gasteiger partial charge in [0.1, 0.15) is 0 Å². The summed E-state index contributed by atoms with van der Waals surface area (Å²) in [6.45, 7) is 8.88. The van der Waals surface area contributed by atoms with Gasteiger partial charge in [0, 0.05) is 5.02 Å². The minimum Gasteiger partial charge on any atom is -0.486 e. The molecular formula is C17H23ClO3. The Morgan fingerprint density at radius 2 is 1.57 bits per heavy atom. The average Bonchev–Trinajstić information content (AvgIpc) is 2.42. The lowest BCUT2D eigenvalue weighted by atomic mass is 10.2. The first-order valence-corrected chi connectivity index (χ1v) is 7.53. The van der Waals surface area contributed by atoms with Gasteiger partial charge in [0.2, 0.25) is 5.76 Å². The highest BCUT2D eigenvalue weighted by Crippen LogP contribution is 2.15. The van der Waals surface area contributed by atoms with E-state index in [1.165, 1.54) is 0 Å². The molecular weight excluding hydrogens is 288 g/mol. The Balaban J connectivity index is 2.84. The number of esters is 1. The van der Waals surface area contributed by atoms with Gasteiger partial charge in [-0.1, -0.05) is 51.4 Å². The third-order valence-corrected chi connectivity index (χ3v) is 2.74. The summed E-state index contributed by atoms with van der Waals surface area (Å²) in [5, 5.41) is 0.652. The van der Waals surface area contributed by atoms with Crippen molar-refractivity contribution in [3.05, 3.63) is 40.6 Å². The van der Waals surface area contributed by atoms with Crippen molar-refractivity contribution in [1.82, 2.24) is 0 Å². The van der Waals surface area contributed by atoms with Crippen molar-refractivity contribution in [2.24, 2.45) is 11.8 Å². The number of ether oxygens (including phenoxy) is 2. The van der Waals surface area contributed by atoms with Crippen molar-refractivity contribution in [2.45, 2.75) is 27.7 Å². The van der Waals surface area contributed by atoms with Crippen molar-refractivity contribution < 1.29 is 14.3 Å². The number of benzene rings is 1. The number of rotatable bonds is 7. The zero-order chi connectivity index (χ0) is 15.8. The molecule has 0 aliphatic heterocycles. The van der Waals surface area contributed by atoms with E-state index in [9.17, 15) is 4.79 Å². The number of halogens is 1. The van der Waals surface area contributed by atoms with E-state index in [0.717, 1.165) is 5.56 Å². The van der Waals surface area contributed by atoms with Gasteiger partial charge in [-0.2, -0.15) is 0 Å². The topological polar surface area (TPSA) is 35.5 Å². The molecule has 0 atom stereocenters. The summed E-state index contributed by atoms with van der Waals surface area (Å²) in [4.78, 5) is 12.1. The van der Waals surface area contributed by atoms with E-state index >= 15 is 0 Å². The Morgan fingerprint density at radius 1 is 1.05 bits per heavy atom. The van der Waals surface area contributed by atoms with Crippen LogP contribution in [0.3, 0.4) is 0 Å². The molecule has 0 N–H and O–H groups in total. The molecule has 1 rings (SSSR count). The monoisotopic (exact) mass is 310 g/mol. The van der Waals surface area contributed by atoms with Crippen molar-refractivity contribution >= 4 is 23.6 Å². The number of hydrogen-bond donors (Lipinski definition) is 0. The van der Waals surface area contributed by atoms with E-state index in [4.69, 9.17) is 21.1 Å². The maximum atomic E-state index is 12.1. The Hall–Kier alpha value is -1.48. The summed E-state index contributed by atoms with van der Waals surface area (Å²) in [5.41, 5.74) is 0.847. The standard InChI is InChI=1S/C17H23ClO3/c1-12(2)10-20-16(17(19)21-11-13(3)4)9-14-5-7-15(18)8-6-14/h5-9,12-13H,10-11H2,1-4H3/b16-9-. The molecule has 0 saturated heterocycles. The quantitative estimate of drug-likeness (QED) is 0.421. The van der Waals surface area contributed by atoms with Crippen molar-refractivity contribution in [3.8, 4) is 0 Å². The zero-order valence-corrected chi connectivity index (χ0v) is 13.8. The van der Waals surface area contributed by atoms with Crippen LogP contribution in [0.25, 0.3) is 6.08 Å². The summed E-state index contributed by atoms with van der Waals surface area (Å²) < 4.78 is 10.8. The van der Waals surface area contributed by atoms with Gasteiger partial charge >= 0.3 is 5.97 Å². The summed E-state index contributed by atoms with van der Waals surface area (Å²) in [6, 6.07) is 7.20. The van der Waals surface area contributed by atoms with Gasteiger partial charge in [0.05, 0.1) is 13.2 Å². The van der Waals surface area contributed by atoms with Crippen LogP contribution in [0.4, 0.5) is 0 Å². The summed E-state index contributed by atoms with van der Waals surface area (Å²) in [6.07, 6.45) is 1.68. The van der Waals surface area contributed by atoms with E-state index in [-0.39, 0.29) is 11.7 Å². The van der Waals surface area contributed by atoms with Crippen LogP contribution in [0.15, 0.2) is 30.0 Å². The van der Waals surface area contributed by atoms with Gasteiger partial charge in [-0.05, 0) is 35.6 Å². The van der Waals surface area contributed by atoms with Crippen LogP contribution in [0, 0.1) is 11.8 Å². The number of carbonyl (C=O) groups is 1. The predicted octanol–water partition coefficient (Wildman–Crippen LogP) is 4.55. The third kappa shape index (κ3) is 7.19. The highest BCUT2D eigenvalue weighted by atomic mass is 35.5. The van der Waals surface area contributed by atoms with Gasteiger partial charge in [0.15, 0.2) is 0 Å². The van der Waals surface area contributed by atoms with Gasteiger partial charge in [-0.15, -0.1) is 0 Å². The minimum atomic E-state index is -0.431. The second-order valence-corrected chi connectivity index (χ2v) is 6.19. The fourth-order valence-corrected chi connectivity index (χ4v) is 1.57. The molecule has 116 valence electrons. The molecule has 0 aromatic heterocycles. The van der Waals surface area contributed by atoms with E-state index in [2.05, 4.69) is 0 Å². The molecule has 21 heavy (non-hydrogen) atoms. The SMILES string of the molecule is CC(C)COC(=O)/C(=C/c1ccc(Cl)cc1)OCC(C)C. The van der Waals surface area contributed by atoms with Crippen molar-refractivity contribution in [3.63, 3.8) is 0 Å². The maximum absolute atomic E-state index is 12.1. The Bertz CT molecular complexity index is 475. The highest BCUT2D eigenvalue weighted by Gasteiger charge is 2.14. The fraction of sp³-hybridized carbons (Fsp3) is 0.471. The second kappa shape index (κ2) is 8.73. The largest absolute Gasteiger partial charge is 0.486 e. The van der Waals surface area contributed by atoms with E-state index in [1.807, 2.05) is 39.8 Å². The van der Waals surface area contributed by atoms with E-state index in [0.29, 0.717) is 24.2 Å². The van der Waals surface area contributed by atoms with Crippen LogP contribution in [0.2, 0.25) is 5.02 Å². The number of hydrogen-bond acceptors (Lipinski definition) is 3. The molecule has 0 heterocycles. The molecule has 0 fully saturated rings. The Morgan fingerprint density at radius 3 is 2.10 bits per heavy atom. The molecule has 0 saturated carbocycles. The third-order valence-electron chi connectivity index (χ3n) is 2.49. The molecule has 1 aromatic carbocycles. The van der Waals surface area contributed by atoms with Crippen LogP contribution in [-0.2, 0) is 14.3 Å². The van der Waals surface area contributed by atoms with Crippen LogP contribution in [0.1, 0.15) is 33.3 Å². The fourth-order valence-electron chi connectivity index (χ4n) is 1.44. The average molecular weight is 311 g/mol. The van der Waals surface area contributed by atoms with Crippen molar-refractivity contribution in [1.29, 1.82) is 0 Å². The van der Waals surface area contributed by atoms with Gasteiger partial charge < -0.3 is 9.47 Å². The lowest BCUT2D eigenvalue weighted by Gasteiger charge is -2.13. The summed E-state index contributed by atoms with van der Waals surface area (Å²) in [7, 11) is 0. The lowest BCUT2D eigenvalue weighted by molar-refractivity contribution is -0.144. The normalized spacial score (nSPS) is 11.9. The zero-order valence-electron chi connectivity index (χ0n) is 13.1. The summed E-state index contributed by atoms with van der Waals surface area (Å²) in [5.74, 6) is 0.415. The maximum Gasteiger partial charge on any atom is 0.373 e. The molecule has 0 unspecified atom stereocenters. The second-order valence-electron chi connectivity index (χ2n) is 5.76. The molecule has 0 radical (unpaired) electrons. The number of carbonyl (C=O) groups excluding carboxylic acids is 1. The van der Waals surface area contributed by atoms with E-state index < -0.39 is 5.97 Å².